The Labute approximate surface area is 91.8 Å². The van der Waals surface area contributed by atoms with Crippen LogP contribution in [0.4, 0.5) is 0 Å². The molecule has 0 aromatic rings. The first-order valence-corrected chi connectivity index (χ1v) is 6.08. The maximum Gasteiger partial charge on any atom is 0.138 e. The number of rotatable bonds is 3. The van der Waals surface area contributed by atoms with Gasteiger partial charge in [-0.15, -0.1) is 0 Å². The number of nitrogens with zero attached hydrogens (tertiary/aromatic N) is 1. The summed E-state index contributed by atoms with van der Waals surface area (Å²) in [7, 11) is 0. The van der Waals surface area contributed by atoms with Crippen LogP contribution in [-0.2, 0) is 9.53 Å². The third kappa shape index (κ3) is 3.02. The molecule has 2 unspecified atom stereocenters. The fourth-order valence-corrected chi connectivity index (χ4v) is 2.47. The minimum Gasteiger partial charge on any atom is -0.381 e. The smallest absolute Gasteiger partial charge is 0.138 e. The molecule has 0 aliphatic carbocycles. The van der Waals surface area contributed by atoms with E-state index in [1.165, 1.54) is 12.8 Å². The summed E-state index contributed by atoms with van der Waals surface area (Å²) in [5.41, 5.74) is 0. The quantitative estimate of drug-likeness (QED) is 0.705. The normalized spacial score (nSPS) is 33.5. The zero-order valence-electron chi connectivity index (χ0n) is 9.58. The van der Waals surface area contributed by atoms with Crippen LogP contribution < -0.4 is 0 Å². The number of carbonyl (C=O) groups excluding carboxylic acids is 1. The molecule has 2 aliphatic rings. The van der Waals surface area contributed by atoms with Crippen molar-refractivity contribution < 1.29 is 9.53 Å². The van der Waals surface area contributed by atoms with Crippen LogP contribution in [0.25, 0.3) is 0 Å². The second kappa shape index (κ2) is 5.08. The molecule has 2 atom stereocenters. The Morgan fingerprint density at radius 1 is 1.53 bits per heavy atom. The highest BCUT2D eigenvalue weighted by Crippen LogP contribution is 2.18. The Hall–Kier alpha value is -0.410. The summed E-state index contributed by atoms with van der Waals surface area (Å²) < 4.78 is 5.36. The Kier molecular flexibility index (Phi) is 3.76. The Balaban J connectivity index is 1.68. The van der Waals surface area contributed by atoms with Gasteiger partial charge in [-0.3, -0.25) is 4.79 Å². The zero-order chi connectivity index (χ0) is 10.7. The molecule has 2 aliphatic heterocycles. The van der Waals surface area contributed by atoms with E-state index in [1.807, 2.05) is 6.92 Å². The third-order valence-electron chi connectivity index (χ3n) is 3.63. The average Bonchev–Trinajstić information content (AvgIpc) is 2.73. The summed E-state index contributed by atoms with van der Waals surface area (Å²) >= 11 is 0. The monoisotopic (exact) mass is 211 g/mol. The highest BCUT2D eigenvalue weighted by atomic mass is 16.5. The maximum atomic E-state index is 11.4. The Morgan fingerprint density at radius 2 is 2.40 bits per heavy atom. The van der Waals surface area contributed by atoms with E-state index in [0.29, 0.717) is 5.78 Å². The highest BCUT2D eigenvalue weighted by Gasteiger charge is 2.24. The molecule has 3 heteroatoms. The van der Waals surface area contributed by atoms with Crippen LogP contribution in [0.5, 0.6) is 0 Å². The van der Waals surface area contributed by atoms with E-state index in [0.717, 1.165) is 45.2 Å². The van der Waals surface area contributed by atoms with Crippen molar-refractivity contribution in [2.45, 2.75) is 26.2 Å². The molecule has 0 N–H and O–H groups in total. The molecule has 2 fully saturated rings. The Morgan fingerprint density at radius 3 is 3.07 bits per heavy atom. The van der Waals surface area contributed by atoms with Crippen LogP contribution in [0, 0.1) is 11.8 Å². The fourth-order valence-electron chi connectivity index (χ4n) is 2.47. The van der Waals surface area contributed by atoms with Crippen molar-refractivity contribution in [1.29, 1.82) is 0 Å². The van der Waals surface area contributed by atoms with E-state index in [2.05, 4.69) is 4.90 Å². The van der Waals surface area contributed by atoms with Gasteiger partial charge in [0.1, 0.15) is 5.78 Å². The molecule has 15 heavy (non-hydrogen) atoms. The van der Waals surface area contributed by atoms with Gasteiger partial charge in [-0.05, 0) is 25.3 Å². The topological polar surface area (TPSA) is 29.5 Å². The molecular weight excluding hydrogens is 190 g/mol. The van der Waals surface area contributed by atoms with Crippen LogP contribution in [0.1, 0.15) is 26.2 Å². The van der Waals surface area contributed by atoms with E-state index in [-0.39, 0.29) is 5.92 Å². The first-order valence-electron chi connectivity index (χ1n) is 6.08. The summed E-state index contributed by atoms with van der Waals surface area (Å²) in [5, 5.41) is 0. The first-order chi connectivity index (χ1) is 7.25. The van der Waals surface area contributed by atoms with Crippen molar-refractivity contribution in [2.24, 2.45) is 11.8 Å². The number of piperidine rings is 1. The van der Waals surface area contributed by atoms with Crippen LogP contribution in [-0.4, -0.2) is 43.5 Å². The number of ether oxygens (including phenoxy) is 1. The van der Waals surface area contributed by atoms with Gasteiger partial charge in [-0.2, -0.15) is 0 Å². The summed E-state index contributed by atoms with van der Waals surface area (Å²) in [6, 6.07) is 0. The number of hydrogen-bond donors (Lipinski definition) is 0. The van der Waals surface area contributed by atoms with Gasteiger partial charge in [-0.1, -0.05) is 6.92 Å². The van der Waals surface area contributed by atoms with Crippen molar-refractivity contribution in [3.05, 3.63) is 0 Å². The van der Waals surface area contributed by atoms with E-state index in [9.17, 15) is 4.79 Å². The van der Waals surface area contributed by atoms with Crippen molar-refractivity contribution in [1.82, 2.24) is 4.90 Å². The average molecular weight is 211 g/mol. The molecular formula is C12H21NO2. The van der Waals surface area contributed by atoms with Gasteiger partial charge in [0.15, 0.2) is 0 Å². The molecule has 2 saturated heterocycles. The molecule has 2 rings (SSSR count). The second-order valence-corrected chi connectivity index (χ2v) is 4.94. The standard InChI is InChI=1S/C12H21NO2/c1-10-8-13(6-3-12(10)14)5-2-11-4-7-15-9-11/h10-11H,2-9H2,1H3. The van der Waals surface area contributed by atoms with Crippen molar-refractivity contribution >= 4 is 5.78 Å². The number of carbonyl (C=O) groups is 1. The molecule has 0 saturated carbocycles. The van der Waals surface area contributed by atoms with Gasteiger partial charge in [0.25, 0.3) is 0 Å². The molecule has 0 radical (unpaired) electrons. The van der Waals surface area contributed by atoms with Crippen molar-refractivity contribution in [2.75, 3.05) is 32.8 Å². The lowest BCUT2D eigenvalue weighted by Gasteiger charge is -2.30. The number of hydrogen-bond acceptors (Lipinski definition) is 3. The first kappa shape index (κ1) is 11.1. The lowest BCUT2D eigenvalue weighted by molar-refractivity contribution is -0.125. The van der Waals surface area contributed by atoms with E-state index in [4.69, 9.17) is 4.74 Å². The van der Waals surface area contributed by atoms with Gasteiger partial charge in [-0.25, -0.2) is 0 Å². The fraction of sp³-hybridized carbons (Fsp3) is 0.917. The summed E-state index contributed by atoms with van der Waals surface area (Å²) in [5.74, 6) is 1.45. The van der Waals surface area contributed by atoms with Crippen LogP contribution in [0.3, 0.4) is 0 Å². The molecule has 3 nitrogen and oxygen atoms in total. The van der Waals surface area contributed by atoms with Crippen molar-refractivity contribution in [3.8, 4) is 0 Å². The summed E-state index contributed by atoms with van der Waals surface area (Å²) in [4.78, 5) is 13.8. The SMILES string of the molecule is CC1CN(CCC2CCOC2)CCC1=O. The van der Waals surface area contributed by atoms with Gasteiger partial charge >= 0.3 is 0 Å². The van der Waals surface area contributed by atoms with Crippen LogP contribution in [0.15, 0.2) is 0 Å². The lowest BCUT2D eigenvalue weighted by Crippen LogP contribution is -2.40. The van der Waals surface area contributed by atoms with E-state index >= 15 is 0 Å². The molecule has 0 spiro atoms. The van der Waals surface area contributed by atoms with Gasteiger partial charge in [0, 0.05) is 38.6 Å². The molecule has 0 bridgehead atoms. The van der Waals surface area contributed by atoms with Crippen LogP contribution >= 0.6 is 0 Å². The number of likely N-dealkylation sites (tertiary alicyclic amines) is 1. The zero-order valence-corrected chi connectivity index (χ0v) is 9.58. The molecule has 0 aromatic heterocycles. The van der Waals surface area contributed by atoms with Gasteiger partial charge < -0.3 is 9.64 Å². The summed E-state index contributed by atoms with van der Waals surface area (Å²) in [6.07, 6.45) is 3.21. The molecule has 0 amide bonds. The van der Waals surface area contributed by atoms with E-state index in [1.54, 1.807) is 0 Å². The van der Waals surface area contributed by atoms with Crippen molar-refractivity contribution in [3.63, 3.8) is 0 Å². The molecule has 2 heterocycles. The van der Waals surface area contributed by atoms with E-state index < -0.39 is 0 Å². The highest BCUT2D eigenvalue weighted by molar-refractivity contribution is 5.81. The molecule has 0 aromatic carbocycles. The number of ketones is 1. The van der Waals surface area contributed by atoms with Gasteiger partial charge in [0.2, 0.25) is 0 Å². The lowest BCUT2D eigenvalue weighted by atomic mass is 9.97. The third-order valence-corrected chi connectivity index (χ3v) is 3.63. The molecule has 86 valence electrons. The second-order valence-electron chi connectivity index (χ2n) is 4.94. The largest absolute Gasteiger partial charge is 0.381 e. The minimum absolute atomic E-state index is 0.249. The summed E-state index contributed by atoms with van der Waals surface area (Å²) in [6.45, 7) is 7.02. The van der Waals surface area contributed by atoms with Crippen LogP contribution in [0.2, 0.25) is 0 Å². The predicted molar refractivity (Wildman–Crippen MR) is 58.8 cm³/mol. The Bertz CT molecular complexity index is 224. The number of Topliss-reactive ketones (excluding diaryl/α,β-unsaturated/α-hetero) is 1. The minimum atomic E-state index is 0.249. The maximum absolute atomic E-state index is 11.4. The van der Waals surface area contributed by atoms with Gasteiger partial charge in [0.05, 0.1) is 0 Å². The predicted octanol–water partition coefficient (Wildman–Crippen LogP) is 1.32.